The van der Waals surface area contributed by atoms with Gasteiger partial charge in [0.15, 0.2) is 0 Å². The normalized spacial score (nSPS) is 20.0. The van der Waals surface area contributed by atoms with Gasteiger partial charge in [0, 0.05) is 13.1 Å². The highest BCUT2D eigenvalue weighted by Crippen LogP contribution is 2.26. The number of hydrogen-bond acceptors (Lipinski definition) is 3. The van der Waals surface area contributed by atoms with Crippen LogP contribution in [0.4, 0.5) is 8.78 Å². The molecular formula is C16H23F2NO2. The second kappa shape index (κ2) is 7.29. The van der Waals surface area contributed by atoms with E-state index in [9.17, 15) is 19.0 Å². The van der Waals surface area contributed by atoms with E-state index in [-0.39, 0.29) is 12.1 Å². The topological polar surface area (TPSA) is 52.5 Å². The van der Waals surface area contributed by atoms with Crippen molar-refractivity contribution in [2.75, 3.05) is 13.1 Å². The number of nitrogens with one attached hydrogen (secondary N) is 1. The number of aliphatic hydroxyl groups is 2. The van der Waals surface area contributed by atoms with Gasteiger partial charge in [0.2, 0.25) is 0 Å². The van der Waals surface area contributed by atoms with Gasteiger partial charge < -0.3 is 15.5 Å². The Hall–Kier alpha value is -1.04. The molecule has 5 heteroatoms. The van der Waals surface area contributed by atoms with Crippen molar-refractivity contribution in [3.05, 3.63) is 35.4 Å². The molecule has 0 aromatic heterocycles. The Bertz CT molecular complexity index is 439. The van der Waals surface area contributed by atoms with E-state index in [1.54, 1.807) is 0 Å². The van der Waals surface area contributed by atoms with Gasteiger partial charge in [-0.05, 0) is 25.0 Å². The van der Waals surface area contributed by atoms with Crippen LogP contribution in [0.3, 0.4) is 0 Å². The zero-order valence-electron chi connectivity index (χ0n) is 12.1. The van der Waals surface area contributed by atoms with Crippen molar-refractivity contribution < 1.29 is 19.0 Å². The average molecular weight is 299 g/mol. The van der Waals surface area contributed by atoms with Crippen LogP contribution in [0.15, 0.2) is 18.2 Å². The van der Waals surface area contributed by atoms with E-state index in [1.165, 1.54) is 6.07 Å². The van der Waals surface area contributed by atoms with Gasteiger partial charge in [-0.1, -0.05) is 31.7 Å². The molecule has 1 aliphatic carbocycles. The average Bonchev–Trinajstić information content (AvgIpc) is 2.64. The van der Waals surface area contributed by atoms with Crippen LogP contribution in [0, 0.1) is 11.6 Å². The number of benzene rings is 1. The molecule has 0 aliphatic heterocycles. The largest absolute Gasteiger partial charge is 0.389 e. The van der Waals surface area contributed by atoms with E-state index in [1.807, 2.05) is 0 Å². The maximum Gasteiger partial charge on any atom is 0.131 e. The highest BCUT2D eigenvalue weighted by molar-refractivity contribution is 5.22. The minimum atomic E-state index is -1.26. The van der Waals surface area contributed by atoms with Crippen molar-refractivity contribution in [3.63, 3.8) is 0 Å². The van der Waals surface area contributed by atoms with E-state index < -0.39 is 23.3 Å². The second-order valence-corrected chi connectivity index (χ2v) is 5.92. The van der Waals surface area contributed by atoms with Gasteiger partial charge >= 0.3 is 0 Å². The third-order valence-electron chi connectivity index (χ3n) is 4.16. The summed E-state index contributed by atoms with van der Waals surface area (Å²) in [5.41, 5.74) is -1.10. The van der Waals surface area contributed by atoms with Crippen LogP contribution in [0.2, 0.25) is 0 Å². The molecule has 1 aromatic rings. The molecular weight excluding hydrogens is 276 g/mol. The van der Waals surface area contributed by atoms with Crippen molar-refractivity contribution in [2.24, 2.45) is 0 Å². The maximum atomic E-state index is 13.5. The molecule has 0 radical (unpaired) electrons. The van der Waals surface area contributed by atoms with E-state index in [2.05, 4.69) is 5.32 Å². The molecule has 1 fully saturated rings. The Morgan fingerprint density at radius 2 is 1.67 bits per heavy atom. The molecule has 118 valence electrons. The van der Waals surface area contributed by atoms with Crippen molar-refractivity contribution >= 4 is 0 Å². The van der Waals surface area contributed by atoms with Gasteiger partial charge in [-0.2, -0.15) is 0 Å². The Morgan fingerprint density at radius 1 is 1.10 bits per heavy atom. The smallest absolute Gasteiger partial charge is 0.131 e. The van der Waals surface area contributed by atoms with Crippen LogP contribution in [0.25, 0.3) is 0 Å². The number of rotatable bonds is 5. The molecule has 3 N–H and O–H groups in total. The summed E-state index contributed by atoms with van der Waals surface area (Å²) in [5, 5.41) is 23.3. The van der Waals surface area contributed by atoms with Crippen LogP contribution in [0.5, 0.6) is 0 Å². The molecule has 0 amide bonds. The van der Waals surface area contributed by atoms with E-state index in [0.717, 1.165) is 50.7 Å². The molecule has 1 aliphatic rings. The molecule has 1 unspecified atom stereocenters. The molecule has 0 saturated heterocycles. The van der Waals surface area contributed by atoms with Gasteiger partial charge in [0.25, 0.3) is 0 Å². The van der Waals surface area contributed by atoms with Gasteiger partial charge in [-0.15, -0.1) is 0 Å². The summed E-state index contributed by atoms with van der Waals surface area (Å²) in [6, 6.07) is 3.52. The maximum absolute atomic E-state index is 13.5. The molecule has 1 saturated carbocycles. The highest BCUT2D eigenvalue weighted by atomic mass is 19.1. The molecule has 0 spiro atoms. The molecule has 21 heavy (non-hydrogen) atoms. The Balaban J connectivity index is 1.88. The minimum absolute atomic E-state index is 0.0141. The third-order valence-corrected chi connectivity index (χ3v) is 4.16. The lowest BCUT2D eigenvalue weighted by atomic mass is 9.94. The first-order chi connectivity index (χ1) is 10.0. The summed E-state index contributed by atoms with van der Waals surface area (Å²) in [4.78, 5) is 0. The third kappa shape index (κ3) is 4.46. The van der Waals surface area contributed by atoms with Crippen molar-refractivity contribution in [1.82, 2.24) is 5.32 Å². The standard InChI is InChI=1S/C16H23F2NO2/c17-12-6-5-7-13(18)15(12)14(20)10-19-11-16(21)8-3-1-2-4-9-16/h5-7,14,19-21H,1-4,8-11H2. The van der Waals surface area contributed by atoms with Gasteiger partial charge in [0.05, 0.1) is 17.3 Å². The van der Waals surface area contributed by atoms with Crippen molar-refractivity contribution in [3.8, 4) is 0 Å². The minimum Gasteiger partial charge on any atom is -0.389 e. The quantitative estimate of drug-likeness (QED) is 0.733. The summed E-state index contributed by atoms with van der Waals surface area (Å²) < 4.78 is 27.1. The Morgan fingerprint density at radius 3 is 2.24 bits per heavy atom. The van der Waals surface area contributed by atoms with Gasteiger partial charge in [0.1, 0.15) is 11.6 Å². The van der Waals surface area contributed by atoms with Crippen LogP contribution in [-0.2, 0) is 0 Å². The first-order valence-electron chi connectivity index (χ1n) is 7.57. The lowest BCUT2D eigenvalue weighted by Gasteiger charge is -2.27. The first-order valence-corrected chi connectivity index (χ1v) is 7.57. The number of hydrogen-bond donors (Lipinski definition) is 3. The monoisotopic (exact) mass is 299 g/mol. The van der Waals surface area contributed by atoms with E-state index in [4.69, 9.17) is 0 Å². The summed E-state index contributed by atoms with van der Waals surface area (Å²) in [5.74, 6) is -1.50. The lowest BCUT2D eigenvalue weighted by Crippen LogP contribution is -2.41. The summed E-state index contributed by atoms with van der Waals surface area (Å²) in [6.45, 7) is 0.348. The zero-order chi connectivity index (χ0) is 15.3. The van der Waals surface area contributed by atoms with Crippen LogP contribution in [0.1, 0.15) is 50.2 Å². The number of halogens is 2. The molecule has 1 atom stereocenters. The summed E-state index contributed by atoms with van der Waals surface area (Å²) in [7, 11) is 0. The zero-order valence-corrected chi connectivity index (χ0v) is 12.1. The first kappa shape index (κ1) is 16.3. The Kier molecular flexibility index (Phi) is 5.67. The van der Waals surface area contributed by atoms with Gasteiger partial charge in [-0.25, -0.2) is 8.78 Å². The predicted molar refractivity (Wildman–Crippen MR) is 76.8 cm³/mol. The molecule has 3 nitrogen and oxygen atoms in total. The van der Waals surface area contributed by atoms with Gasteiger partial charge in [-0.3, -0.25) is 0 Å². The number of aliphatic hydroxyl groups excluding tert-OH is 1. The van der Waals surface area contributed by atoms with Crippen LogP contribution < -0.4 is 5.32 Å². The molecule has 1 aromatic carbocycles. The molecule has 2 rings (SSSR count). The summed E-state index contributed by atoms with van der Waals surface area (Å²) in [6.07, 6.45) is 4.43. The Labute approximate surface area is 124 Å². The van der Waals surface area contributed by atoms with E-state index >= 15 is 0 Å². The highest BCUT2D eigenvalue weighted by Gasteiger charge is 2.28. The fraction of sp³-hybridized carbons (Fsp3) is 0.625. The fourth-order valence-electron chi connectivity index (χ4n) is 2.94. The predicted octanol–water partition coefficient (Wildman–Crippen LogP) is 2.67. The summed E-state index contributed by atoms with van der Waals surface area (Å²) >= 11 is 0. The second-order valence-electron chi connectivity index (χ2n) is 5.92. The SMILES string of the molecule is OC(CNCC1(O)CCCCCC1)c1c(F)cccc1F. The van der Waals surface area contributed by atoms with Crippen molar-refractivity contribution in [1.29, 1.82) is 0 Å². The van der Waals surface area contributed by atoms with Crippen LogP contribution >= 0.6 is 0 Å². The molecule has 0 heterocycles. The lowest BCUT2D eigenvalue weighted by molar-refractivity contribution is 0.0221. The van der Waals surface area contributed by atoms with Crippen LogP contribution in [-0.4, -0.2) is 28.9 Å². The van der Waals surface area contributed by atoms with E-state index in [0.29, 0.717) is 6.54 Å². The fourth-order valence-corrected chi connectivity index (χ4v) is 2.94. The van der Waals surface area contributed by atoms with Crippen molar-refractivity contribution in [2.45, 2.75) is 50.2 Å². The molecule has 0 bridgehead atoms.